The molecule has 1 N–H and O–H groups in total. The maximum atomic E-state index is 10.4. The van der Waals surface area contributed by atoms with Crippen molar-refractivity contribution in [3.63, 3.8) is 0 Å². The lowest BCUT2D eigenvalue weighted by Crippen LogP contribution is -2.51. The molecule has 170 valence electrons. The molecule has 0 amide bonds. The number of fused-ring (bicyclic) bond motifs is 1. The topological polar surface area (TPSA) is 72.1 Å². The molecule has 7 heteroatoms. The van der Waals surface area contributed by atoms with Gasteiger partial charge in [0.25, 0.3) is 5.72 Å². The van der Waals surface area contributed by atoms with Gasteiger partial charge < -0.3 is 24.1 Å². The van der Waals surface area contributed by atoms with E-state index in [0.717, 1.165) is 64.6 Å². The van der Waals surface area contributed by atoms with Crippen molar-refractivity contribution in [2.45, 2.75) is 32.4 Å². The minimum Gasteiger partial charge on any atom is -0.495 e. The van der Waals surface area contributed by atoms with E-state index in [1.54, 1.807) is 13.4 Å². The zero-order chi connectivity index (χ0) is 23.0. The lowest BCUT2D eigenvalue weighted by atomic mass is 9.94. The Bertz CT molecular complexity index is 1230. The van der Waals surface area contributed by atoms with Crippen LogP contribution in [-0.2, 0) is 10.6 Å². The smallest absolute Gasteiger partial charge is 0.260 e. The molecule has 0 aliphatic carbocycles. The van der Waals surface area contributed by atoms with Gasteiger partial charge in [-0.25, -0.2) is 4.98 Å². The first-order valence-electron chi connectivity index (χ1n) is 11.2. The lowest BCUT2D eigenvalue weighted by Gasteiger charge is -2.38. The summed E-state index contributed by atoms with van der Waals surface area (Å²) in [4.78, 5) is 12.3. The number of ether oxygens (including phenoxy) is 1. The summed E-state index contributed by atoms with van der Waals surface area (Å²) in [6.07, 6.45) is 7.72. The van der Waals surface area contributed by atoms with Gasteiger partial charge in [-0.3, -0.25) is 0 Å². The van der Waals surface area contributed by atoms with Gasteiger partial charge >= 0.3 is 0 Å². The monoisotopic (exact) mass is 444 g/mol. The Morgan fingerprint density at radius 1 is 1.18 bits per heavy atom. The van der Waals surface area contributed by atoms with Crippen LogP contribution in [0, 0.1) is 13.8 Å². The molecule has 1 unspecified atom stereocenters. The van der Waals surface area contributed by atoms with Gasteiger partial charge in [-0.15, -0.1) is 0 Å². The van der Waals surface area contributed by atoms with Crippen molar-refractivity contribution < 1.29 is 14.7 Å². The van der Waals surface area contributed by atoms with Gasteiger partial charge in [-0.05, 0) is 56.0 Å². The number of aliphatic hydroxyl groups excluding tert-OH is 1. The quantitative estimate of drug-likeness (QED) is 0.640. The van der Waals surface area contributed by atoms with Crippen LogP contribution in [0.2, 0.25) is 0 Å². The van der Waals surface area contributed by atoms with Gasteiger partial charge in [-0.1, -0.05) is 41.1 Å². The molecule has 0 spiro atoms. The number of oxime groups is 1. The van der Waals surface area contributed by atoms with E-state index in [-0.39, 0.29) is 6.61 Å². The van der Waals surface area contributed by atoms with E-state index in [4.69, 9.17) is 9.57 Å². The fourth-order valence-corrected chi connectivity index (χ4v) is 4.56. The number of hydrogen-bond acceptors (Lipinski definition) is 6. The highest BCUT2D eigenvalue weighted by atomic mass is 16.7. The number of methoxy groups -OCH3 is 1. The standard InChI is InChI=1S/C26H28N4O3/c1-18-6-9-22(10-7-18)26(16-31)30-12-4-5-21(25(30)28-33-26)13-20-8-11-23(24(14-20)32-3)29-15-19(2)27-17-29/h6-11,13-15,17,31H,4-5,12,16H2,1-3H3. The molecule has 2 aromatic carbocycles. The van der Waals surface area contributed by atoms with E-state index in [0.29, 0.717) is 0 Å². The predicted octanol–water partition coefficient (Wildman–Crippen LogP) is 4.17. The van der Waals surface area contributed by atoms with Crippen molar-refractivity contribution >= 4 is 11.9 Å². The molecule has 2 aliphatic heterocycles. The maximum Gasteiger partial charge on any atom is 0.260 e. The van der Waals surface area contributed by atoms with Crippen molar-refractivity contribution in [2.75, 3.05) is 20.3 Å². The van der Waals surface area contributed by atoms with Crippen molar-refractivity contribution in [3.05, 3.63) is 82.9 Å². The average molecular weight is 445 g/mol. The number of piperidine rings is 1. The van der Waals surface area contributed by atoms with Crippen molar-refractivity contribution in [1.82, 2.24) is 14.5 Å². The Hall–Kier alpha value is -3.58. The van der Waals surface area contributed by atoms with Crippen LogP contribution in [0.5, 0.6) is 5.75 Å². The number of hydrogen-bond donors (Lipinski definition) is 1. The summed E-state index contributed by atoms with van der Waals surface area (Å²) in [5, 5.41) is 14.8. The number of aryl methyl sites for hydroxylation is 2. The predicted molar refractivity (Wildman–Crippen MR) is 127 cm³/mol. The van der Waals surface area contributed by atoms with Crippen LogP contribution < -0.4 is 4.74 Å². The molecular weight excluding hydrogens is 416 g/mol. The Labute approximate surface area is 193 Å². The Kier molecular flexibility index (Phi) is 5.42. The fraction of sp³-hybridized carbons (Fsp3) is 0.308. The summed E-state index contributed by atoms with van der Waals surface area (Å²) < 4.78 is 7.62. The number of imidazole rings is 1. The lowest BCUT2D eigenvalue weighted by molar-refractivity contribution is -0.137. The molecule has 1 atom stereocenters. The molecule has 3 heterocycles. The van der Waals surface area contributed by atoms with E-state index >= 15 is 0 Å². The largest absolute Gasteiger partial charge is 0.495 e. The summed E-state index contributed by atoms with van der Waals surface area (Å²) in [7, 11) is 1.67. The third-order valence-electron chi connectivity index (χ3n) is 6.34. The summed E-state index contributed by atoms with van der Waals surface area (Å²) >= 11 is 0. The van der Waals surface area contributed by atoms with E-state index in [9.17, 15) is 5.11 Å². The third kappa shape index (κ3) is 3.68. The van der Waals surface area contributed by atoms with Crippen LogP contribution >= 0.6 is 0 Å². The van der Waals surface area contributed by atoms with E-state index in [2.05, 4.69) is 27.2 Å². The van der Waals surface area contributed by atoms with Gasteiger partial charge in [-0.2, -0.15) is 0 Å². The number of aromatic nitrogens is 2. The van der Waals surface area contributed by atoms with Gasteiger partial charge in [0, 0.05) is 18.3 Å². The molecule has 1 saturated heterocycles. The highest BCUT2D eigenvalue weighted by Crippen LogP contribution is 2.40. The molecule has 2 aliphatic rings. The van der Waals surface area contributed by atoms with Gasteiger partial charge in [0.2, 0.25) is 0 Å². The summed E-state index contributed by atoms with van der Waals surface area (Å²) in [5.41, 5.74) is 5.06. The van der Waals surface area contributed by atoms with Gasteiger partial charge in [0.15, 0.2) is 5.84 Å². The molecular formula is C26H28N4O3. The minimum atomic E-state index is -0.983. The molecule has 7 nitrogen and oxygen atoms in total. The van der Waals surface area contributed by atoms with Crippen LogP contribution in [-0.4, -0.2) is 45.7 Å². The summed E-state index contributed by atoms with van der Waals surface area (Å²) in [6.45, 7) is 4.60. The van der Waals surface area contributed by atoms with Crippen molar-refractivity contribution in [2.24, 2.45) is 5.16 Å². The molecule has 5 rings (SSSR count). The van der Waals surface area contributed by atoms with Crippen LogP contribution in [0.15, 0.2) is 65.7 Å². The average Bonchev–Trinajstić information content (AvgIpc) is 3.44. The normalized spacial score (nSPS) is 21.0. The number of aliphatic hydroxyl groups is 1. The Morgan fingerprint density at radius 2 is 2.00 bits per heavy atom. The first-order valence-corrected chi connectivity index (χ1v) is 11.2. The van der Waals surface area contributed by atoms with Gasteiger partial charge in [0.1, 0.15) is 12.4 Å². The highest BCUT2D eigenvalue weighted by molar-refractivity contribution is 6.03. The molecule has 1 aromatic heterocycles. The summed E-state index contributed by atoms with van der Waals surface area (Å²) in [5.74, 6) is 1.55. The number of rotatable bonds is 5. The maximum absolute atomic E-state index is 10.4. The highest BCUT2D eigenvalue weighted by Gasteiger charge is 2.49. The number of amidine groups is 1. The second-order valence-electron chi connectivity index (χ2n) is 8.59. The number of benzene rings is 2. The third-order valence-corrected chi connectivity index (χ3v) is 6.34. The molecule has 33 heavy (non-hydrogen) atoms. The van der Waals surface area contributed by atoms with E-state index in [1.807, 2.05) is 61.0 Å². The molecule has 0 radical (unpaired) electrons. The Balaban J connectivity index is 1.47. The molecule has 1 fully saturated rings. The van der Waals surface area contributed by atoms with Gasteiger partial charge in [0.05, 0.1) is 24.8 Å². The van der Waals surface area contributed by atoms with Crippen LogP contribution in [0.25, 0.3) is 11.8 Å². The Morgan fingerprint density at radius 3 is 2.70 bits per heavy atom. The molecule has 0 bridgehead atoms. The molecule has 0 saturated carbocycles. The van der Waals surface area contributed by atoms with Crippen molar-refractivity contribution in [3.8, 4) is 11.4 Å². The van der Waals surface area contributed by atoms with Crippen LogP contribution in [0.3, 0.4) is 0 Å². The SMILES string of the molecule is COc1cc(C=C2CCCN3C2=NOC3(CO)c2ccc(C)cc2)ccc1-n1cnc(C)c1. The zero-order valence-electron chi connectivity index (χ0n) is 19.2. The van der Waals surface area contributed by atoms with Crippen molar-refractivity contribution in [1.29, 1.82) is 0 Å². The van der Waals surface area contributed by atoms with E-state index < -0.39 is 5.72 Å². The zero-order valence-corrected chi connectivity index (χ0v) is 19.2. The molecule has 3 aromatic rings. The van der Waals surface area contributed by atoms with Crippen LogP contribution in [0.1, 0.15) is 35.2 Å². The first kappa shape index (κ1) is 21.3. The number of nitrogens with zero attached hydrogens (tertiary/aromatic N) is 4. The second kappa shape index (κ2) is 8.41. The minimum absolute atomic E-state index is 0.177. The van der Waals surface area contributed by atoms with E-state index in [1.165, 1.54) is 0 Å². The first-order chi connectivity index (χ1) is 16.0. The fourth-order valence-electron chi connectivity index (χ4n) is 4.56. The summed E-state index contributed by atoms with van der Waals surface area (Å²) in [6, 6.07) is 14.2. The van der Waals surface area contributed by atoms with Crippen LogP contribution in [0.4, 0.5) is 0 Å². The second-order valence-corrected chi connectivity index (χ2v) is 8.59.